The Morgan fingerprint density at radius 3 is 2.67 bits per heavy atom. The van der Waals surface area contributed by atoms with E-state index in [2.05, 4.69) is 5.32 Å². The molecule has 15 heavy (non-hydrogen) atoms. The maximum Gasteiger partial charge on any atom is 0.326 e. The Hall–Kier alpha value is -1.11. The Labute approximate surface area is 86.6 Å². The summed E-state index contributed by atoms with van der Waals surface area (Å²) in [4.78, 5) is 22.1. The lowest BCUT2D eigenvalue weighted by molar-refractivity contribution is -0.142. The van der Waals surface area contributed by atoms with Crippen LogP contribution in [0.5, 0.6) is 0 Å². The molecule has 0 aliphatic carbocycles. The Balaban J connectivity index is 2.35. The van der Waals surface area contributed by atoms with E-state index in [1.807, 2.05) is 0 Å². The van der Waals surface area contributed by atoms with Crippen LogP contribution in [0.15, 0.2) is 0 Å². The summed E-state index contributed by atoms with van der Waals surface area (Å²) in [5.41, 5.74) is -0.915. The smallest absolute Gasteiger partial charge is 0.326 e. The predicted molar refractivity (Wildman–Crippen MR) is 49.9 cm³/mol. The van der Waals surface area contributed by atoms with Gasteiger partial charge < -0.3 is 10.4 Å². The van der Waals surface area contributed by atoms with Gasteiger partial charge in [-0.3, -0.25) is 4.79 Å². The number of hydrogen-bond acceptors (Lipinski definition) is 4. The zero-order valence-corrected chi connectivity index (χ0v) is 8.71. The van der Waals surface area contributed by atoms with Crippen LogP contribution in [0, 0.1) is 5.41 Å². The molecule has 2 fully saturated rings. The van der Waals surface area contributed by atoms with Gasteiger partial charge in [-0.15, -0.1) is 0 Å². The van der Waals surface area contributed by atoms with Crippen LogP contribution in [-0.4, -0.2) is 42.9 Å². The van der Waals surface area contributed by atoms with Crippen molar-refractivity contribution in [3.05, 3.63) is 0 Å². The fraction of sp³-hybridized carbons (Fsp3) is 0.750. The van der Waals surface area contributed by atoms with Crippen molar-refractivity contribution in [1.82, 2.24) is 5.32 Å². The first-order valence-corrected chi connectivity index (χ1v) is 6.39. The average Bonchev–Trinajstić information content (AvgIpc) is 2.54. The summed E-state index contributed by atoms with van der Waals surface area (Å²) in [6.07, 6.45) is 0.258. The van der Waals surface area contributed by atoms with Crippen LogP contribution in [-0.2, 0) is 19.4 Å². The van der Waals surface area contributed by atoms with Gasteiger partial charge in [0.1, 0.15) is 6.04 Å². The lowest BCUT2D eigenvalue weighted by Gasteiger charge is -2.24. The monoisotopic (exact) mass is 233 g/mol. The van der Waals surface area contributed by atoms with Crippen molar-refractivity contribution in [2.24, 2.45) is 5.41 Å². The molecule has 2 rings (SSSR count). The SMILES string of the molecule is O=C1CC2(CCS(=O)(=O)C2)C(C(=O)O)N1. The van der Waals surface area contributed by atoms with E-state index in [0.29, 0.717) is 0 Å². The van der Waals surface area contributed by atoms with Crippen LogP contribution < -0.4 is 5.32 Å². The first kappa shape index (κ1) is 10.4. The highest BCUT2D eigenvalue weighted by Gasteiger charge is 2.56. The molecule has 0 radical (unpaired) electrons. The second kappa shape index (κ2) is 2.94. The molecule has 0 bridgehead atoms. The number of carboxylic acid groups (broad SMARTS) is 1. The fourth-order valence-corrected chi connectivity index (χ4v) is 4.57. The highest BCUT2D eigenvalue weighted by atomic mass is 32.2. The van der Waals surface area contributed by atoms with E-state index in [0.717, 1.165) is 0 Å². The molecular weight excluding hydrogens is 222 g/mol. The summed E-state index contributed by atoms with van der Waals surface area (Å²) in [6.45, 7) is 0. The molecular formula is C8H11NO5S. The van der Waals surface area contributed by atoms with Crippen LogP contribution in [0.25, 0.3) is 0 Å². The first-order chi connectivity index (χ1) is 6.85. The summed E-state index contributed by atoms with van der Waals surface area (Å²) in [6, 6.07) is -1.05. The lowest BCUT2D eigenvalue weighted by atomic mass is 9.80. The number of carbonyl (C=O) groups excluding carboxylic acids is 1. The van der Waals surface area contributed by atoms with Gasteiger partial charge in [-0.2, -0.15) is 0 Å². The van der Waals surface area contributed by atoms with Gasteiger partial charge in [-0.25, -0.2) is 13.2 Å². The molecule has 1 spiro atoms. The molecule has 7 heteroatoms. The topological polar surface area (TPSA) is 101 Å². The molecule has 6 nitrogen and oxygen atoms in total. The minimum absolute atomic E-state index is 0.00317. The van der Waals surface area contributed by atoms with Gasteiger partial charge in [0.2, 0.25) is 5.91 Å². The van der Waals surface area contributed by atoms with Gasteiger partial charge >= 0.3 is 5.97 Å². The molecule has 2 atom stereocenters. The Kier molecular flexibility index (Phi) is 2.04. The van der Waals surface area contributed by atoms with Crippen molar-refractivity contribution in [2.45, 2.75) is 18.9 Å². The number of amides is 1. The Bertz CT molecular complexity index is 428. The minimum atomic E-state index is -3.18. The van der Waals surface area contributed by atoms with Crippen molar-refractivity contribution in [3.63, 3.8) is 0 Å². The number of carbonyl (C=O) groups is 2. The number of rotatable bonds is 1. The molecule has 0 aromatic heterocycles. The van der Waals surface area contributed by atoms with Gasteiger partial charge in [-0.05, 0) is 6.42 Å². The first-order valence-electron chi connectivity index (χ1n) is 4.57. The predicted octanol–water partition coefficient (Wildman–Crippen LogP) is -1.24. The van der Waals surface area contributed by atoms with Crippen LogP contribution in [0.4, 0.5) is 0 Å². The summed E-state index contributed by atoms with van der Waals surface area (Å²) in [7, 11) is -3.18. The molecule has 2 N–H and O–H groups in total. The lowest BCUT2D eigenvalue weighted by Crippen LogP contribution is -2.44. The number of hydrogen-bond donors (Lipinski definition) is 2. The highest BCUT2D eigenvalue weighted by Crippen LogP contribution is 2.42. The minimum Gasteiger partial charge on any atom is -0.480 e. The molecule has 2 aliphatic rings. The average molecular weight is 233 g/mol. The van der Waals surface area contributed by atoms with E-state index < -0.39 is 27.3 Å². The largest absolute Gasteiger partial charge is 0.480 e. The zero-order valence-electron chi connectivity index (χ0n) is 7.89. The quantitative estimate of drug-likeness (QED) is 0.590. The standard InChI is InChI=1S/C8H11NO5S/c10-5-3-8(6(9-5)7(11)12)1-2-15(13,14)4-8/h6H,1-4H2,(H,9,10)(H,11,12). The third-order valence-electron chi connectivity index (χ3n) is 3.10. The van der Waals surface area contributed by atoms with E-state index in [1.54, 1.807) is 0 Å². The van der Waals surface area contributed by atoms with E-state index >= 15 is 0 Å². The van der Waals surface area contributed by atoms with Gasteiger partial charge in [0.05, 0.1) is 11.5 Å². The molecule has 2 saturated heterocycles. The Morgan fingerprint density at radius 2 is 2.20 bits per heavy atom. The maximum absolute atomic E-state index is 11.3. The molecule has 2 aliphatic heterocycles. The number of carboxylic acids is 1. The maximum atomic E-state index is 11.3. The number of nitrogens with one attached hydrogen (secondary N) is 1. The van der Waals surface area contributed by atoms with Gasteiger partial charge in [0.15, 0.2) is 9.84 Å². The van der Waals surface area contributed by atoms with Crippen LogP contribution in [0.3, 0.4) is 0 Å². The normalized spacial score (nSPS) is 38.1. The van der Waals surface area contributed by atoms with Crippen molar-refractivity contribution in [3.8, 4) is 0 Å². The number of aliphatic carboxylic acids is 1. The summed E-state index contributed by atoms with van der Waals surface area (Å²) in [5, 5.41) is 11.2. The molecule has 84 valence electrons. The third-order valence-corrected chi connectivity index (χ3v) is 4.94. The second-order valence-electron chi connectivity index (χ2n) is 4.22. The van der Waals surface area contributed by atoms with E-state index in [4.69, 9.17) is 5.11 Å². The molecule has 0 aromatic rings. The van der Waals surface area contributed by atoms with Gasteiger partial charge in [0.25, 0.3) is 0 Å². The molecule has 2 unspecified atom stereocenters. The van der Waals surface area contributed by atoms with Crippen molar-refractivity contribution < 1.29 is 23.1 Å². The summed E-state index contributed by atoms with van der Waals surface area (Å²) >= 11 is 0. The van der Waals surface area contributed by atoms with Crippen molar-refractivity contribution in [2.75, 3.05) is 11.5 Å². The van der Waals surface area contributed by atoms with Gasteiger partial charge in [-0.1, -0.05) is 0 Å². The number of sulfone groups is 1. The molecule has 0 saturated carbocycles. The summed E-state index contributed by atoms with van der Waals surface area (Å²) < 4.78 is 22.7. The van der Waals surface area contributed by atoms with Crippen LogP contribution in [0.2, 0.25) is 0 Å². The van der Waals surface area contributed by atoms with Crippen molar-refractivity contribution >= 4 is 21.7 Å². The summed E-state index contributed by atoms with van der Waals surface area (Å²) in [5.74, 6) is -1.75. The van der Waals surface area contributed by atoms with Crippen LogP contribution >= 0.6 is 0 Å². The van der Waals surface area contributed by atoms with Crippen LogP contribution in [0.1, 0.15) is 12.8 Å². The third kappa shape index (κ3) is 1.60. The van der Waals surface area contributed by atoms with E-state index in [9.17, 15) is 18.0 Å². The van der Waals surface area contributed by atoms with Gasteiger partial charge in [0, 0.05) is 11.8 Å². The zero-order chi connectivity index (χ0) is 11.3. The fourth-order valence-electron chi connectivity index (χ4n) is 2.42. The van der Waals surface area contributed by atoms with E-state index in [1.165, 1.54) is 0 Å². The molecule has 0 aromatic carbocycles. The molecule has 2 heterocycles. The second-order valence-corrected chi connectivity index (χ2v) is 6.40. The van der Waals surface area contributed by atoms with E-state index in [-0.39, 0.29) is 30.3 Å². The van der Waals surface area contributed by atoms with Crippen molar-refractivity contribution in [1.29, 1.82) is 0 Å². The molecule has 1 amide bonds. The Morgan fingerprint density at radius 1 is 1.53 bits per heavy atom. The highest BCUT2D eigenvalue weighted by molar-refractivity contribution is 7.91.